The zero-order valence-corrected chi connectivity index (χ0v) is 21.7. The summed E-state index contributed by atoms with van der Waals surface area (Å²) in [7, 11) is 3.34. The van der Waals surface area contributed by atoms with Crippen LogP contribution in [-0.4, -0.2) is 66.2 Å². The number of benzene rings is 2. The summed E-state index contributed by atoms with van der Waals surface area (Å²) >= 11 is 0. The maximum absolute atomic E-state index is 13.7. The van der Waals surface area contributed by atoms with E-state index in [1.54, 1.807) is 26.2 Å². The molecule has 0 saturated carbocycles. The van der Waals surface area contributed by atoms with Gasteiger partial charge in [0.05, 0.1) is 6.61 Å². The number of carbonyl (C=O) groups excluding carboxylic acids is 2. The fourth-order valence-corrected chi connectivity index (χ4v) is 4.05. The molecule has 1 N–H and O–H groups in total. The lowest BCUT2D eigenvalue weighted by atomic mass is 9.83. The number of nitrogens with zero attached hydrogens (tertiary/aromatic N) is 2. The van der Waals surface area contributed by atoms with Crippen molar-refractivity contribution in [2.24, 2.45) is 4.99 Å². The van der Waals surface area contributed by atoms with Crippen LogP contribution in [0.25, 0.3) is 0 Å². The van der Waals surface area contributed by atoms with E-state index in [1.165, 1.54) is 4.90 Å². The van der Waals surface area contributed by atoms with Crippen LogP contribution in [0.3, 0.4) is 0 Å². The maximum Gasteiger partial charge on any atom is 0.306 e. The molecule has 1 aliphatic rings. The zero-order valence-electron chi connectivity index (χ0n) is 21.7. The molecule has 36 heavy (non-hydrogen) atoms. The predicted octanol–water partition coefficient (Wildman–Crippen LogP) is 3.91. The highest BCUT2D eigenvalue weighted by molar-refractivity contribution is 6.01. The van der Waals surface area contributed by atoms with Crippen molar-refractivity contribution in [1.82, 2.24) is 4.90 Å². The first-order chi connectivity index (χ1) is 17.1. The van der Waals surface area contributed by atoms with Crippen LogP contribution >= 0.6 is 0 Å². The molecule has 0 aliphatic carbocycles. The molecule has 0 radical (unpaired) electrons. The smallest absolute Gasteiger partial charge is 0.306 e. The number of carbonyl (C=O) groups is 2. The molecule has 0 bridgehead atoms. The van der Waals surface area contributed by atoms with Gasteiger partial charge >= 0.3 is 5.97 Å². The molecule has 2 aromatic rings. The van der Waals surface area contributed by atoms with E-state index in [0.29, 0.717) is 30.2 Å². The monoisotopic (exact) mass is 496 g/mol. The van der Waals surface area contributed by atoms with Crippen molar-refractivity contribution in [3.05, 3.63) is 65.7 Å². The number of aliphatic imine (C=N–C) groups is 1. The van der Waals surface area contributed by atoms with E-state index in [-0.39, 0.29) is 25.4 Å². The summed E-state index contributed by atoms with van der Waals surface area (Å²) in [5, 5.41) is 8.94. The fraction of sp³-hybridized carbons (Fsp3) is 0.464. The number of amides is 1. The summed E-state index contributed by atoms with van der Waals surface area (Å²) in [6.07, 6.45) is -0.0302. The van der Waals surface area contributed by atoms with Crippen molar-refractivity contribution < 1.29 is 28.9 Å². The molecule has 0 fully saturated rings. The average molecular weight is 497 g/mol. The molecule has 2 aromatic carbocycles. The van der Waals surface area contributed by atoms with E-state index in [0.717, 1.165) is 5.56 Å². The molecule has 1 heterocycles. The minimum Gasteiger partial charge on any atom is -0.494 e. The van der Waals surface area contributed by atoms with Gasteiger partial charge in [0.1, 0.15) is 11.4 Å². The van der Waals surface area contributed by atoms with Crippen molar-refractivity contribution in [3.63, 3.8) is 0 Å². The van der Waals surface area contributed by atoms with Crippen molar-refractivity contribution in [3.8, 4) is 5.75 Å². The minimum absolute atomic E-state index is 0.0119. The largest absolute Gasteiger partial charge is 0.494 e. The first-order valence-corrected chi connectivity index (χ1v) is 12.1. The van der Waals surface area contributed by atoms with Gasteiger partial charge in [-0.1, -0.05) is 30.3 Å². The van der Waals surface area contributed by atoms with Crippen LogP contribution in [0.5, 0.6) is 5.75 Å². The highest BCUT2D eigenvalue weighted by atomic mass is 16.6. The normalized spacial score (nSPS) is 19.3. The van der Waals surface area contributed by atoms with Crippen LogP contribution in [0.1, 0.15) is 57.3 Å². The highest BCUT2D eigenvalue weighted by Crippen LogP contribution is 2.44. The van der Waals surface area contributed by atoms with Crippen molar-refractivity contribution in [2.75, 3.05) is 27.3 Å². The van der Waals surface area contributed by atoms with E-state index in [9.17, 15) is 9.59 Å². The van der Waals surface area contributed by atoms with E-state index >= 15 is 0 Å². The lowest BCUT2D eigenvalue weighted by molar-refractivity contribution is -0.155. The Morgan fingerprint density at radius 1 is 1.08 bits per heavy atom. The third-order valence-corrected chi connectivity index (χ3v) is 5.65. The van der Waals surface area contributed by atoms with Crippen molar-refractivity contribution in [2.45, 2.75) is 57.3 Å². The molecule has 8 nitrogen and oxygen atoms in total. The summed E-state index contributed by atoms with van der Waals surface area (Å²) in [6.45, 7) is 5.91. The van der Waals surface area contributed by atoms with E-state index in [1.807, 2.05) is 63.2 Å². The molecule has 1 aliphatic heterocycles. The molecular weight excluding hydrogens is 460 g/mol. The van der Waals surface area contributed by atoms with Gasteiger partial charge in [0.2, 0.25) is 5.90 Å². The Hall–Kier alpha value is -3.39. The Bertz CT molecular complexity index is 1060. The molecule has 194 valence electrons. The lowest BCUT2D eigenvalue weighted by Crippen LogP contribution is -2.48. The van der Waals surface area contributed by atoms with E-state index in [2.05, 4.69) is 0 Å². The van der Waals surface area contributed by atoms with E-state index in [4.69, 9.17) is 24.3 Å². The Labute approximate surface area is 212 Å². The van der Waals surface area contributed by atoms with Crippen LogP contribution in [0.15, 0.2) is 59.6 Å². The van der Waals surface area contributed by atoms with Gasteiger partial charge in [-0.2, -0.15) is 0 Å². The minimum atomic E-state index is -1.34. The predicted molar refractivity (Wildman–Crippen MR) is 137 cm³/mol. The maximum atomic E-state index is 13.7. The third kappa shape index (κ3) is 6.63. The molecule has 0 saturated heterocycles. The number of hydrogen-bond acceptors (Lipinski definition) is 7. The molecule has 1 amide bonds. The summed E-state index contributed by atoms with van der Waals surface area (Å²) in [6, 6.07) is 16.7. The summed E-state index contributed by atoms with van der Waals surface area (Å²) in [5.41, 5.74) is -0.486. The number of likely N-dealkylation sites (N-methyl/N-ethyl adjacent to an activating group) is 1. The van der Waals surface area contributed by atoms with Crippen LogP contribution in [0.2, 0.25) is 0 Å². The Balaban J connectivity index is 1.98. The quantitative estimate of drug-likeness (QED) is 0.396. The van der Waals surface area contributed by atoms with E-state index < -0.39 is 23.2 Å². The Morgan fingerprint density at radius 3 is 2.33 bits per heavy atom. The standard InChI is InChI=1S/C28H36N2O6/c1-27(2,3)36-23(32)16-17-28(26(33)30(4)5)24(20-10-7-6-8-11-20)35-25(29-28)21-12-14-22(15-13-21)34-19-9-18-31/h6-8,10-15,24,31H,9,16-19H2,1-5H3/t24-,28-/m0/s1. The SMILES string of the molecule is CN(C)C(=O)[C@@]1(CCC(=O)OC(C)(C)C)N=C(c2ccc(OCCCO)cc2)O[C@H]1c1ccccc1. The lowest BCUT2D eigenvalue weighted by Gasteiger charge is -2.32. The number of aliphatic hydroxyl groups excluding tert-OH is 1. The number of esters is 1. The van der Waals surface area contributed by atoms with Crippen LogP contribution in [0.4, 0.5) is 0 Å². The van der Waals surface area contributed by atoms with Gasteiger partial charge in [0.25, 0.3) is 5.91 Å². The Morgan fingerprint density at radius 2 is 1.75 bits per heavy atom. The van der Waals surface area contributed by atoms with Crippen molar-refractivity contribution in [1.29, 1.82) is 0 Å². The molecule has 3 rings (SSSR count). The van der Waals surface area contributed by atoms with Gasteiger partial charge in [0.15, 0.2) is 11.6 Å². The molecule has 0 spiro atoms. The second kappa shape index (κ2) is 11.6. The molecular formula is C28H36N2O6. The molecule has 8 heteroatoms. The Kier molecular flexibility index (Phi) is 8.74. The highest BCUT2D eigenvalue weighted by Gasteiger charge is 2.54. The number of hydrogen-bond donors (Lipinski definition) is 1. The number of aliphatic hydroxyl groups is 1. The topological polar surface area (TPSA) is 97.7 Å². The third-order valence-electron chi connectivity index (χ3n) is 5.65. The first kappa shape index (κ1) is 27.2. The summed E-state index contributed by atoms with van der Waals surface area (Å²) < 4.78 is 17.5. The summed E-state index contributed by atoms with van der Waals surface area (Å²) in [4.78, 5) is 32.6. The van der Waals surface area contributed by atoms with Gasteiger partial charge in [-0.15, -0.1) is 0 Å². The number of rotatable bonds is 10. The molecule has 0 aromatic heterocycles. The average Bonchev–Trinajstić information content (AvgIpc) is 3.23. The van der Waals surface area contributed by atoms with Gasteiger partial charge in [0, 0.05) is 39.1 Å². The second-order valence-corrected chi connectivity index (χ2v) is 9.99. The molecule has 2 atom stereocenters. The number of ether oxygens (including phenoxy) is 3. The van der Waals surface area contributed by atoms with Gasteiger partial charge in [-0.25, -0.2) is 4.99 Å². The first-order valence-electron chi connectivity index (χ1n) is 12.1. The second-order valence-electron chi connectivity index (χ2n) is 9.99. The van der Waals surface area contributed by atoms with Gasteiger partial charge in [-0.3, -0.25) is 9.59 Å². The van der Waals surface area contributed by atoms with Gasteiger partial charge < -0.3 is 24.2 Å². The van der Waals surface area contributed by atoms with Crippen LogP contribution in [0, 0.1) is 0 Å². The molecule has 0 unspecified atom stereocenters. The van der Waals surface area contributed by atoms with Crippen LogP contribution in [-0.2, 0) is 19.1 Å². The summed E-state index contributed by atoms with van der Waals surface area (Å²) in [5.74, 6) is 0.336. The fourth-order valence-electron chi connectivity index (χ4n) is 4.05. The van der Waals surface area contributed by atoms with Gasteiger partial charge in [-0.05, 0) is 57.0 Å². The zero-order chi connectivity index (χ0) is 26.3. The van der Waals surface area contributed by atoms with Crippen LogP contribution < -0.4 is 4.74 Å². The van der Waals surface area contributed by atoms with Crippen molar-refractivity contribution >= 4 is 17.8 Å².